The van der Waals surface area contributed by atoms with E-state index in [4.69, 9.17) is 10.6 Å². The van der Waals surface area contributed by atoms with Crippen LogP contribution in [-0.4, -0.2) is 19.3 Å². The number of nitrogens with one attached hydrogen (secondary N) is 1. The molecule has 0 aromatic carbocycles. The average Bonchev–Trinajstić information content (AvgIpc) is 2.85. The molecule has 17 heavy (non-hydrogen) atoms. The molecule has 1 rings (SSSR count). The average molecular weight is 242 g/mol. The van der Waals surface area contributed by atoms with Gasteiger partial charge in [0, 0.05) is 19.3 Å². The maximum absolute atomic E-state index is 5.62. The first-order chi connectivity index (χ1) is 8.36. The summed E-state index contributed by atoms with van der Waals surface area (Å²) in [6.07, 6.45) is 11.8. The van der Waals surface area contributed by atoms with Crippen molar-refractivity contribution in [3.63, 3.8) is 0 Å². The van der Waals surface area contributed by atoms with Crippen molar-refractivity contribution in [2.45, 2.75) is 70.8 Å². The zero-order valence-electron chi connectivity index (χ0n) is 11.4. The third-order valence-electron chi connectivity index (χ3n) is 3.78. The highest BCUT2D eigenvalue weighted by atomic mass is 16.5. The molecule has 1 aliphatic rings. The number of rotatable bonds is 10. The molecule has 0 radical (unpaired) electrons. The van der Waals surface area contributed by atoms with Crippen LogP contribution in [0.25, 0.3) is 0 Å². The van der Waals surface area contributed by atoms with Crippen molar-refractivity contribution in [3.8, 4) is 0 Å². The van der Waals surface area contributed by atoms with Crippen molar-refractivity contribution in [1.29, 1.82) is 0 Å². The van der Waals surface area contributed by atoms with Crippen LogP contribution in [0.3, 0.4) is 0 Å². The maximum Gasteiger partial charge on any atom is 0.0495 e. The van der Waals surface area contributed by atoms with E-state index in [0.29, 0.717) is 6.04 Å². The molecule has 2 unspecified atom stereocenters. The Morgan fingerprint density at radius 3 is 2.65 bits per heavy atom. The Kier molecular flexibility index (Phi) is 8.67. The smallest absolute Gasteiger partial charge is 0.0495 e. The molecule has 102 valence electrons. The monoisotopic (exact) mass is 242 g/mol. The highest BCUT2D eigenvalue weighted by molar-refractivity contribution is 4.72. The second-order valence-electron chi connectivity index (χ2n) is 5.39. The summed E-state index contributed by atoms with van der Waals surface area (Å²) in [4.78, 5) is 0. The molecule has 0 aromatic rings. The van der Waals surface area contributed by atoms with Crippen LogP contribution in [-0.2, 0) is 4.74 Å². The van der Waals surface area contributed by atoms with E-state index in [1.807, 2.05) is 0 Å². The van der Waals surface area contributed by atoms with Gasteiger partial charge in [-0.15, -0.1) is 0 Å². The van der Waals surface area contributed by atoms with Gasteiger partial charge < -0.3 is 4.74 Å². The predicted octanol–water partition coefficient (Wildman–Crippen LogP) is 3.00. The van der Waals surface area contributed by atoms with Gasteiger partial charge in [-0.05, 0) is 25.2 Å². The Hall–Kier alpha value is -0.120. The minimum atomic E-state index is 0.493. The van der Waals surface area contributed by atoms with E-state index in [1.165, 1.54) is 57.8 Å². The van der Waals surface area contributed by atoms with Crippen molar-refractivity contribution in [1.82, 2.24) is 5.43 Å². The third-order valence-corrected chi connectivity index (χ3v) is 3.78. The van der Waals surface area contributed by atoms with Gasteiger partial charge in [0.1, 0.15) is 0 Å². The van der Waals surface area contributed by atoms with Crippen LogP contribution in [0.15, 0.2) is 0 Å². The molecule has 1 saturated heterocycles. The van der Waals surface area contributed by atoms with Crippen molar-refractivity contribution >= 4 is 0 Å². The molecule has 3 nitrogen and oxygen atoms in total. The van der Waals surface area contributed by atoms with Crippen LogP contribution in [0, 0.1) is 5.92 Å². The van der Waals surface area contributed by atoms with Crippen LogP contribution in [0.4, 0.5) is 0 Å². The Morgan fingerprint density at radius 1 is 1.24 bits per heavy atom. The molecule has 0 saturated carbocycles. The lowest BCUT2D eigenvalue weighted by atomic mass is 9.95. The van der Waals surface area contributed by atoms with Crippen LogP contribution in [0.2, 0.25) is 0 Å². The molecule has 1 aliphatic heterocycles. The van der Waals surface area contributed by atoms with Gasteiger partial charge in [-0.1, -0.05) is 45.4 Å². The van der Waals surface area contributed by atoms with Crippen molar-refractivity contribution < 1.29 is 4.74 Å². The number of unbranched alkanes of at least 4 members (excludes halogenated alkanes) is 5. The Labute approximate surface area is 106 Å². The summed E-state index contributed by atoms with van der Waals surface area (Å²) in [5.74, 6) is 6.36. The van der Waals surface area contributed by atoms with Crippen LogP contribution in [0.1, 0.15) is 64.7 Å². The van der Waals surface area contributed by atoms with Crippen LogP contribution in [0.5, 0.6) is 0 Å². The molecule has 1 heterocycles. The fraction of sp³-hybridized carbons (Fsp3) is 1.00. The van der Waals surface area contributed by atoms with Gasteiger partial charge in [-0.25, -0.2) is 0 Å². The Bertz CT molecular complexity index is 170. The molecule has 1 fully saturated rings. The lowest BCUT2D eigenvalue weighted by molar-refractivity contribution is 0.180. The van der Waals surface area contributed by atoms with E-state index < -0.39 is 0 Å². The lowest BCUT2D eigenvalue weighted by Gasteiger charge is -2.18. The molecule has 3 heteroatoms. The summed E-state index contributed by atoms with van der Waals surface area (Å²) < 4.78 is 5.40. The summed E-state index contributed by atoms with van der Waals surface area (Å²) in [5, 5.41) is 0. The fourth-order valence-corrected chi connectivity index (χ4v) is 2.61. The van der Waals surface area contributed by atoms with Gasteiger partial charge in [0.05, 0.1) is 0 Å². The van der Waals surface area contributed by atoms with Gasteiger partial charge in [0.25, 0.3) is 0 Å². The summed E-state index contributed by atoms with van der Waals surface area (Å²) in [5.41, 5.74) is 2.98. The molecular weight excluding hydrogens is 212 g/mol. The highest BCUT2D eigenvalue weighted by Crippen LogP contribution is 2.20. The molecule has 3 N–H and O–H groups in total. The third kappa shape index (κ3) is 7.02. The second-order valence-corrected chi connectivity index (χ2v) is 5.39. The van der Waals surface area contributed by atoms with E-state index in [1.54, 1.807) is 0 Å². The SMILES string of the molecule is CCCCCCCCC(CC1CCOC1)NN. The lowest BCUT2D eigenvalue weighted by Crippen LogP contribution is -2.36. The molecule has 0 aromatic heterocycles. The van der Waals surface area contributed by atoms with E-state index in [-0.39, 0.29) is 0 Å². The normalized spacial score (nSPS) is 21.9. The summed E-state index contributed by atoms with van der Waals surface area (Å²) in [6.45, 7) is 4.14. The van der Waals surface area contributed by atoms with E-state index in [2.05, 4.69) is 12.3 Å². The highest BCUT2D eigenvalue weighted by Gasteiger charge is 2.19. The first-order valence-electron chi connectivity index (χ1n) is 7.40. The zero-order valence-corrected chi connectivity index (χ0v) is 11.4. The number of nitrogens with two attached hydrogens (primary N) is 1. The Balaban J connectivity index is 1.97. The maximum atomic E-state index is 5.62. The van der Waals surface area contributed by atoms with Gasteiger partial charge in [-0.3, -0.25) is 11.3 Å². The quantitative estimate of drug-likeness (QED) is 0.352. The first-order valence-corrected chi connectivity index (χ1v) is 7.40. The van der Waals surface area contributed by atoms with Crippen LogP contribution < -0.4 is 11.3 Å². The molecule has 2 atom stereocenters. The molecule has 0 amide bonds. The molecule has 0 aliphatic carbocycles. The number of hydrogen-bond donors (Lipinski definition) is 2. The van der Waals surface area contributed by atoms with E-state index in [9.17, 15) is 0 Å². The standard InChI is InChI=1S/C14H30N2O/c1-2-3-4-5-6-7-8-14(16-15)11-13-9-10-17-12-13/h13-14,16H,2-12,15H2,1H3. The Morgan fingerprint density at radius 2 is 2.00 bits per heavy atom. The van der Waals surface area contributed by atoms with Gasteiger partial charge in [0.15, 0.2) is 0 Å². The molecular formula is C14H30N2O. The molecule has 0 bridgehead atoms. The molecule has 0 spiro atoms. The number of hydrogen-bond acceptors (Lipinski definition) is 3. The van der Waals surface area contributed by atoms with Crippen LogP contribution >= 0.6 is 0 Å². The van der Waals surface area contributed by atoms with Gasteiger partial charge in [-0.2, -0.15) is 0 Å². The van der Waals surface area contributed by atoms with Crippen molar-refractivity contribution in [3.05, 3.63) is 0 Å². The first kappa shape index (κ1) is 14.9. The zero-order chi connectivity index (χ0) is 12.3. The minimum Gasteiger partial charge on any atom is -0.381 e. The summed E-state index contributed by atoms with van der Waals surface area (Å²) in [6, 6.07) is 0.493. The second kappa shape index (κ2) is 9.86. The topological polar surface area (TPSA) is 47.3 Å². The van der Waals surface area contributed by atoms with Crippen molar-refractivity contribution in [2.75, 3.05) is 13.2 Å². The van der Waals surface area contributed by atoms with E-state index >= 15 is 0 Å². The van der Waals surface area contributed by atoms with Gasteiger partial charge in [0.2, 0.25) is 0 Å². The summed E-state index contributed by atoms with van der Waals surface area (Å²) >= 11 is 0. The number of hydrazine groups is 1. The predicted molar refractivity (Wildman–Crippen MR) is 72.6 cm³/mol. The van der Waals surface area contributed by atoms with Gasteiger partial charge >= 0.3 is 0 Å². The summed E-state index contributed by atoms with van der Waals surface area (Å²) in [7, 11) is 0. The largest absolute Gasteiger partial charge is 0.381 e. The van der Waals surface area contributed by atoms with E-state index in [0.717, 1.165) is 19.1 Å². The van der Waals surface area contributed by atoms with Crippen molar-refractivity contribution in [2.24, 2.45) is 11.8 Å². The minimum absolute atomic E-state index is 0.493. The fourth-order valence-electron chi connectivity index (χ4n) is 2.61. The number of ether oxygens (including phenoxy) is 1.